The Kier molecular flexibility index (Phi) is 6.82. The van der Waals surface area contributed by atoms with E-state index >= 15 is 0 Å². The highest BCUT2D eigenvalue weighted by atomic mass is 79.9. The summed E-state index contributed by atoms with van der Waals surface area (Å²) < 4.78 is 12.5. The second kappa shape index (κ2) is 9.31. The number of nitrogen functional groups attached to an aromatic ring is 1. The molecule has 0 unspecified atom stereocenters. The van der Waals surface area contributed by atoms with Gasteiger partial charge in [-0.15, -0.1) is 4.79 Å². The van der Waals surface area contributed by atoms with Crippen LogP contribution >= 0.6 is 39.1 Å². The van der Waals surface area contributed by atoms with Crippen LogP contribution in [0.5, 0.6) is 11.5 Å². The SMILES string of the molecule is CCOc1cc(CNn2nnnc2N)cc(Br)c1OCc1ccc(Cl)cc1Cl. The van der Waals surface area contributed by atoms with E-state index in [4.69, 9.17) is 38.4 Å². The highest BCUT2D eigenvalue weighted by molar-refractivity contribution is 9.10. The maximum absolute atomic E-state index is 6.22. The largest absolute Gasteiger partial charge is 0.490 e. The Morgan fingerprint density at radius 3 is 2.71 bits per heavy atom. The van der Waals surface area contributed by atoms with Crippen molar-refractivity contribution < 1.29 is 9.47 Å². The Bertz CT molecular complexity index is 969. The molecule has 0 amide bonds. The third kappa shape index (κ3) is 4.98. The number of ether oxygens (including phenoxy) is 2. The Morgan fingerprint density at radius 2 is 2.04 bits per heavy atom. The molecule has 0 radical (unpaired) electrons. The fourth-order valence-corrected chi connectivity index (χ4v) is 3.45. The predicted molar refractivity (Wildman–Crippen MR) is 111 cm³/mol. The molecule has 1 aromatic heterocycles. The fraction of sp³-hybridized carbons (Fsp3) is 0.235. The number of nitrogens with one attached hydrogen (secondary N) is 1. The minimum Gasteiger partial charge on any atom is -0.490 e. The van der Waals surface area contributed by atoms with Gasteiger partial charge >= 0.3 is 0 Å². The first-order valence-electron chi connectivity index (χ1n) is 8.27. The smallest absolute Gasteiger partial charge is 0.260 e. The first kappa shape index (κ1) is 20.5. The minimum atomic E-state index is 0.170. The van der Waals surface area contributed by atoms with E-state index in [-0.39, 0.29) is 12.6 Å². The zero-order valence-corrected chi connectivity index (χ0v) is 17.9. The summed E-state index contributed by atoms with van der Waals surface area (Å²) in [7, 11) is 0. The fourth-order valence-electron chi connectivity index (χ4n) is 2.39. The molecule has 1 heterocycles. The average Bonchev–Trinajstić information content (AvgIpc) is 3.06. The molecular weight excluding hydrogens is 471 g/mol. The predicted octanol–water partition coefficient (Wildman–Crippen LogP) is 4.05. The van der Waals surface area contributed by atoms with Gasteiger partial charge in [-0.3, -0.25) is 0 Å². The maximum atomic E-state index is 6.22. The van der Waals surface area contributed by atoms with Crippen molar-refractivity contribution in [2.45, 2.75) is 20.1 Å². The van der Waals surface area contributed by atoms with Gasteiger partial charge < -0.3 is 20.6 Å². The monoisotopic (exact) mass is 486 g/mol. The molecule has 3 N–H and O–H groups in total. The van der Waals surface area contributed by atoms with Crippen LogP contribution in [0.1, 0.15) is 18.1 Å². The lowest BCUT2D eigenvalue weighted by atomic mass is 10.2. The number of benzene rings is 2. The number of aromatic nitrogens is 4. The van der Waals surface area contributed by atoms with E-state index in [9.17, 15) is 0 Å². The van der Waals surface area contributed by atoms with Gasteiger partial charge in [-0.05, 0) is 63.1 Å². The van der Waals surface area contributed by atoms with Crippen LogP contribution in [0, 0.1) is 0 Å². The van der Waals surface area contributed by atoms with Crippen LogP contribution in [0.2, 0.25) is 10.0 Å². The van der Waals surface area contributed by atoms with Gasteiger partial charge in [0.05, 0.1) is 17.6 Å². The number of nitrogens with zero attached hydrogens (tertiary/aromatic N) is 4. The molecule has 2 aromatic carbocycles. The van der Waals surface area contributed by atoms with E-state index in [0.29, 0.717) is 34.7 Å². The van der Waals surface area contributed by atoms with Crippen molar-refractivity contribution in [3.63, 3.8) is 0 Å². The van der Waals surface area contributed by atoms with Crippen molar-refractivity contribution in [3.8, 4) is 11.5 Å². The first-order valence-corrected chi connectivity index (χ1v) is 9.82. The highest BCUT2D eigenvalue weighted by Gasteiger charge is 2.14. The normalized spacial score (nSPS) is 10.7. The van der Waals surface area contributed by atoms with Crippen LogP contribution in [-0.4, -0.2) is 26.9 Å². The summed E-state index contributed by atoms with van der Waals surface area (Å²) in [6.07, 6.45) is 0. The Labute approximate surface area is 180 Å². The molecule has 0 saturated heterocycles. The molecule has 8 nitrogen and oxygen atoms in total. The van der Waals surface area contributed by atoms with E-state index in [1.807, 2.05) is 25.1 Å². The van der Waals surface area contributed by atoms with Crippen LogP contribution in [0.3, 0.4) is 0 Å². The second-order valence-electron chi connectivity index (χ2n) is 5.65. The van der Waals surface area contributed by atoms with Crippen molar-refractivity contribution in [1.29, 1.82) is 0 Å². The standard InChI is InChI=1S/C17H17BrCl2N6O2/c1-2-27-15-6-10(8-22-26-17(21)23-24-25-26)5-13(18)16(15)28-9-11-3-4-12(19)7-14(11)20/h3-7,22H,2,8-9H2,1H3,(H2,21,23,25). The molecule has 148 valence electrons. The third-order valence-electron chi connectivity index (χ3n) is 3.68. The van der Waals surface area contributed by atoms with E-state index < -0.39 is 0 Å². The number of nitrogens with two attached hydrogens (primary N) is 1. The van der Waals surface area contributed by atoms with E-state index in [1.54, 1.807) is 12.1 Å². The van der Waals surface area contributed by atoms with Gasteiger partial charge in [-0.1, -0.05) is 34.4 Å². The summed E-state index contributed by atoms with van der Waals surface area (Å²) >= 11 is 15.7. The number of hydrogen-bond donors (Lipinski definition) is 2. The first-order chi connectivity index (χ1) is 13.5. The molecule has 11 heteroatoms. The zero-order valence-electron chi connectivity index (χ0n) is 14.8. The van der Waals surface area contributed by atoms with Gasteiger partial charge in [0.1, 0.15) is 6.61 Å². The van der Waals surface area contributed by atoms with Crippen LogP contribution in [0.25, 0.3) is 0 Å². The van der Waals surface area contributed by atoms with Crippen molar-refractivity contribution >= 4 is 45.1 Å². The summed E-state index contributed by atoms with van der Waals surface area (Å²) in [5, 5.41) is 12.0. The molecule has 28 heavy (non-hydrogen) atoms. The number of anilines is 1. The summed E-state index contributed by atoms with van der Waals surface area (Å²) in [6, 6.07) is 9.06. The molecule has 3 aromatic rings. The molecule has 0 spiro atoms. The Hall–Kier alpha value is -2.23. The number of rotatable bonds is 8. The molecule has 0 bridgehead atoms. The van der Waals surface area contributed by atoms with Gasteiger partial charge in [0.2, 0.25) is 0 Å². The van der Waals surface area contributed by atoms with E-state index in [2.05, 4.69) is 36.9 Å². The van der Waals surface area contributed by atoms with Gasteiger partial charge in [-0.25, -0.2) is 0 Å². The van der Waals surface area contributed by atoms with Crippen molar-refractivity contribution in [3.05, 3.63) is 56.0 Å². The summed E-state index contributed by atoms with van der Waals surface area (Å²) in [5.74, 6) is 1.35. The maximum Gasteiger partial charge on any atom is 0.260 e. The second-order valence-corrected chi connectivity index (χ2v) is 7.34. The van der Waals surface area contributed by atoms with E-state index in [0.717, 1.165) is 15.6 Å². The molecule has 0 aliphatic rings. The summed E-state index contributed by atoms with van der Waals surface area (Å²) in [5.41, 5.74) is 10.4. The number of tetrazole rings is 1. The van der Waals surface area contributed by atoms with Crippen LogP contribution in [0.15, 0.2) is 34.8 Å². The zero-order chi connectivity index (χ0) is 20.1. The third-order valence-corrected chi connectivity index (χ3v) is 4.86. The molecule has 0 aliphatic heterocycles. The highest BCUT2D eigenvalue weighted by Crippen LogP contribution is 2.38. The van der Waals surface area contributed by atoms with Crippen LogP contribution in [-0.2, 0) is 13.2 Å². The molecule has 0 fully saturated rings. The summed E-state index contributed by atoms with van der Waals surface area (Å²) in [6.45, 7) is 3.09. The lowest BCUT2D eigenvalue weighted by molar-refractivity contribution is 0.267. The van der Waals surface area contributed by atoms with Gasteiger partial charge in [0, 0.05) is 15.6 Å². The average molecular weight is 488 g/mol. The number of hydrogen-bond acceptors (Lipinski definition) is 7. The molecule has 0 aliphatic carbocycles. The lowest BCUT2D eigenvalue weighted by Gasteiger charge is -2.16. The topological polar surface area (TPSA) is 100 Å². The molecule has 3 rings (SSSR count). The van der Waals surface area contributed by atoms with Crippen molar-refractivity contribution in [2.75, 3.05) is 17.8 Å². The minimum absolute atomic E-state index is 0.170. The van der Waals surface area contributed by atoms with Crippen molar-refractivity contribution in [2.24, 2.45) is 0 Å². The van der Waals surface area contributed by atoms with Crippen molar-refractivity contribution in [1.82, 2.24) is 20.3 Å². The lowest BCUT2D eigenvalue weighted by Crippen LogP contribution is -2.18. The van der Waals surface area contributed by atoms with Crippen LogP contribution < -0.4 is 20.6 Å². The molecule has 0 atom stereocenters. The number of halogens is 3. The van der Waals surface area contributed by atoms with Crippen LogP contribution in [0.4, 0.5) is 5.95 Å². The van der Waals surface area contributed by atoms with Gasteiger partial charge in [-0.2, -0.15) is 0 Å². The summed E-state index contributed by atoms with van der Waals surface area (Å²) in [4.78, 5) is 1.29. The molecule has 0 saturated carbocycles. The van der Waals surface area contributed by atoms with E-state index in [1.165, 1.54) is 4.79 Å². The Balaban J connectivity index is 1.77. The Morgan fingerprint density at radius 1 is 1.21 bits per heavy atom. The quantitative estimate of drug-likeness (QED) is 0.494. The van der Waals surface area contributed by atoms with Gasteiger partial charge in [0.15, 0.2) is 11.5 Å². The van der Waals surface area contributed by atoms with Gasteiger partial charge in [0.25, 0.3) is 5.95 Å². The molecular formula is C17H17BrCl2N6O2.